The van der Waals surface area contributed by atoms with Crippen molar-refractivity contribution in [3.05, 3.63) is 35.4 Å². The van der Waals surface area contributed by atoms with Crippen LogP contribution in [0.15, 0.2) is 18.2 Å². The minimum atomic E-state index is -0.838. The molecule has 0 saturated carbocycles. The van der Waals surface area contributed by atoms with Crippen LogP contribution < -0.4 is 5.73 Å². The quantitative estimate of drug-likeness (QED) is 0.847. The summed E-state index contributed by atoms with van der Waals surface area (Å²) in [6.07, 6.45) is 1.01. The van der Waals surface area contributed by atoms with Gasteiger partial charge in [0, 0.05) is 24.2 Å². The van der Waals surface area contributed by atoms with Crippen LogP contribution in [-0.2, 0) is 0 Å². The Bertz CT molecular complexity index is 380. The van der Waals surface area contributed by atoms with Crippen molar-refractivity contribution in [2.45, 2.75) is 39.3 Å². The number of benzene rings is 1. The summed E-state index contributed by atoms with van der Waals surface area (Å²) in [4.78, 5) is 2.18. The summed E-state index contributed by atoms with van der Waals surface area (Å²) in [5.41, 5.74) is 6.23. The van der Waals surface area contributed by atoms with E-state index in [-0.39, 0.29) is 5.56 Å². The number of hydrogen-bond donors (Lipinski definition) is 1. The molecule has 0 heterocycles. The van der Waals surface area contributed by atoms with E-state index in [9.17, 15) is 8.78 Å². The molecule has 0 aromatic heterocycles. The molecule has 0 aliphatic heterocycles. The van der Waals surface area contributed by atoms with E-state index in [1.165, 1.54) is 6.07 Å². The highest BCUT2D eigenvalue weighted by atomic mass is 19.2. The highest BCUT2D eigenvalue weighted by Crippen LogP contribution is 2.19. The molecule has 2 nitrogen and oxygen atoms in total. The molecular weight excluding hydrogens is 234 g/mol. The monoisotopic (exact) mass is 256 g/mol. The standard InChI is InChI=1S/C14H22F2N2/c1-4-8-18(10(2)3)9-13(17)11-6-5-7-12(15)14(11)16/h5-7,10,13H,4,8-9,17H2,1-3H3. The first kappa shape index (κ1) is 15.1. The van der Waals surface area contributed by atoms with E-state index in [2.05, 4.69) is 25.7 Å². The Morgan fingerprint density at radius 3 is 2.50 bits per heavy atom. The lowest BCUT2D eigenvalue weighted by atomic mass is 10.1. The molecule has 18 heavy (non-hydrogen) atoms. The van der Waals surface area contributed by atoms with E-state index in [0.29, 0.717) is 12.6 Å². The van der Waals surface area contributed by atoms with Gasteiger partial charge in [0.1, 0.15) is 0 Å². The smallest absolute Gasteiger partial charge is 0.163 e. The molecule has 0 spiro atoms. The first-order chi connectivity index (χ1) is 8.47. The van der Waals surface area contributed by atoms with Gasteiger partial charge in [0.05, 0.1) is 0 Å². The van der Waals surface area contributed by atoms with Gasteiger partial charge in [-0.15, -0.1) is 0 Å². The van der Waals surface area contributed by atoms with Gasteiger partial charge in [-0.2, -0.15) is 0 Å². The van der Waals surface area contributed by atoms with Crippen molar-refractivity contribution in [1.29, 1.82) is 0 Å². The summed E-state index contributed by atoms with van der Waals surface area (Å²) in [7, 11) is 0. The Morgan fingerprint density at radius 1 is 1.28 bits per heavy atom. The van der Waals surface area contributed by atoms with Crippen molar-refractivity contribution >= 4 is 0 Å². The van der Waals surface area contributed by atoms with E-state index in [0.717, 1.165) is 19.0 Å². The average molecular weight is 256 g/mol. The van der Waals surface area contributed by atoms with Gasteiger partial charge in [0.2, 0.25) is 0 Å². The zero-order valence-corrected chi connectivity index (χ0v) is 11.3. The van der Waals surface area contributed by atoms with Gasteiger partial charge in [0.15, 0.2) is 11.6 Å². The molecule has 1 unspecified atom stereocenters. The van der Waals surface area contributed by atoms with Crippen molar-refractivity contribution in [1.82, 2.24) is 4.90 Å². The predicted molar refractivity (Wildman–Crippen MR) is 70.3 cm³/mol. The topological polar surface area (TPSA) is 29.3 Å². The Morgan fingerprint density at radius 2 is 1.94 bits per heavy atom. The Hall–Kier alpha value is -1.00. The Balaban J connectivity index is 2.80. The highest BCUT2D eigenvalue weighted by Gasteiger charge is 2.18. The number of nitrogens with zero attached hydrogens (tertiary/aromatic N) is 1. The lowest BCUT2D eigenvalue weighted by molar-refractivity contribution is 0.207. The van der Waals surface area contributed by atoms with Gasteiger partial charge in [0.25, 0.3) is 0 Å². The molecule has 0 aliphatic rings. The van der Waals surface area contributed by atoms with E-state index in [1.807, 2.05) is 0 Å². The maximum atomic E-state index is 13.6. The summed E-state index contributed by atoms with van der Waals surface area (Å²) in [5, 5.41) is 0. The van der Waals surface area contributed by atoms with Crippen LogP contribution in [0.3, 0.4) is 0 Å². The van der Waals surface area contributed by atoms with E-state index < -0.39 is 17.7 Å². The largest absolute Gasteiger partial charge is 0.323 e. The van der Waals surface area contributed by atoms with E-state index in [1.54, 1.807) is 6.07 Å². The van der Waals surface area contributed by atoms with Crippen molar-refractivity contribution in [3.63, 3.8) is 0 Å². The molecule has 1 atom stereocenters. The van der Waals surface area contributed by atoms with Crippen molar-refractivity contribution in [3.8, 4) is 0 Å². The highest BCUT2D eigenvalue weighted by molar-refractivity contribution is 5.22. The molecule has 0 saturated heterocycles. The lowest BCUT2D eigenvalue weighted by Gasteiger charge is -2.29. The Kier molecular flexibility index (Phi) is 5.69. The first-order valence-electron chi connectivity index (χ1n) is 6.40. The number of hydrogen-bond acceptors (Lipinski definition) is 2. The molecule has 0 amide bonds. The number of halogens is 2. The van der Waals surface area contributed by atoms with E-state index >= 15 is 0 Å². The molecule has 0 fully saturated rings. The maximum absolute atomic E-state index is 13.6. The summed E-state index contributed by atoms with van der Waals surface area (Å²) in [6, 6.07) is 3.99. The van der Waals surface area contributed by atoms with E-state index in [4.69, 9.17) is 5.73 Å². The SMILES string of the molecule is CCCN(CC(N)c1cccc(F)c1F)C(C)C. The molecule has 1 aromatic rings. The minimum Gasteiger partial charge on any atom is -0.323 e. The van der Waals surface area contributed by atoms with Crippen molar-refractivity contribution in [2.24, 2.45) is 5.73 Å². The molecule has 102 valence electrons. The second kappa shape index (κ2) is 6.81. The zero-order valence-electron chi connectivity index (χ0n) is 11.3. The molecule has 1 rings (SSSR count). The molecule has 4 heteroatoms. The van der Waals surface area contributed by atoms with Gasteiger partial charge >= 0.3 is 0 Å². The van der Waals surface area contributed by atoms with Gasteiger partial charge in [-0.25, -0.2) is 8.78 Å². The number of rotatable bonds is 6. The third kappa shape index (κ3) is 3.75. The fraction of sp³-hybridized carbons (Fsp3) is 0.571. The van der Waals surface area contributed by atoms with Crippen LogP contribution in [0.25, 0.3) is 0 Å². The normalized spacial score (nSPS) is 13.3. The minimum absolute atomic E-state index is 0.247. The van der Waals surface area contributed by atoms with Crippen LogP contribution in [0, 0.1) is 11.6 Å². The fourth-order valence-corrected chi connectivity index (χ4v) is 2.01. The summed E-state index contributed by atoms with van der Waals surface area (Å²) in [5.74, 6) is -1.67. The third-order valence-corrected chi connectivity index (χ3v) is 3.05. The molecule has 1 aromatic carbocycles. The second-order valence-corrected chi connectivity index (χ2v) is 4.84. The third-order valence-electron chi connectivity index (χ3n) is 3.05. The molecule has 0 aliphatic carbocycles. The van der Waals surface area contributed by atoms with Crippen molar-refractivity contribution in [2.75, 3.05) is 13.1 Å². The van der Waals surface area contributed by atoms with Gasteiger partial charge in [-0.3, -0.25) is 4.90 Å². The zero-order chi connectivity index (χ0) is 13.7. The Labute approximate surface area is 108 Å². The van der Waals surface area contributed by atoms with Crippen molar-refractivity contribution < 1.29 is 8.78 Å². The van der Waals surface area contributed by atoms with Crippen LogP contribution in [0.2, 0.25) is 0 Å². The first-order valence-corrected chi connectivity index (χ1v) is 6.40. The van der Waals surface area contributed by atoms with Crippen LogP contribution >= 0.6 is 0 Å². The van der Waals surface area contributed by atoms with Gasteiger partial charge in [-0.1, -0.05) is 19.1 Å². The van der Waals surface area contributed by atoms with Crippen LogP contribution in [0.4, 0.5) is 8.78 Å². The van der Waals surface area contributed by atoms with Crippen LogP contribution in [-0.4, -0.2) is 24.0 Å². The predicted octanol–water partition coefficient (Wildman–Crippen LogP) is 3.09. The fourth-order valence-electron chi connectivity index (χ4n) is 2.01. The van der Waals surface area contributed by atoms with Crippen LogP contribution in [0.1, 0.15) is 38.8 Å². The summed E-state index contributed by atoms with van der Waals surface area (Å²) in [6.45, 7) is 7.67. The second-order valence-electron chi connectivity index (χ2n) is 4.84. The molecule has 0 bridgehead atoms. The van der Waals surface area contributed by atoms with Crippen LogP contribution in [0.5, 0.6) is 0 Å². The van der Waals surface area contributed by atoms with Gasteiger partial charge < -0.3 is 5.73 Å². The average Bonchev–Trinajstić information content (AvgIpc) is 2.31. The van der Waals surface area contributed by atoms with Gasteiger partial charge in [-0.05, 0) is 32.9 Å². The molecule has 0 radical (unpaired) electrons. The molecule has 2 N–H and O–H groups in total. The molecular formula is C14H22F2N2. The summed E-state index contributed by atoms with van der Waals surface area (Å²) < 4.78 is 26.8. The maximum Gasteiger partial charge on any atom is 0.163 e. The number of nitrogens with two attached hydrogens (primary N) is 1. The lowest BCUT2D eigenvalue weighted by Crippen LogP contribution is -2.38. The summed E-state index contributed by atoms with van der Waals surface area (Å²) >= 11 is 0.